The van der Waals surface area contributed by atoms with Gasteiger partial charge in [0.25, 0.3) is 0 Å². The fourth-order valence-corrected chi connectivity index (χ4v) is 3.41. The molecule has 3 aromatic rings. The number of rotatable bonds is 8. The van der Waals surface area contributed by atoms with Crippen molar-refractivity contribution in [1.29, 1.82) is 0 Å². The molecule has 0 saturated heterocycles. The number of hydrogen-bond donors (Lipinski definition) is 0. The van der Waals surface area contributed by atoms with E-state index in [4.69, 9.17) is 14.5 Å². The molecule has 0 aliphatic carbocycles. The van der Waals surface area contributed by atoms with Crippen molar-refractivity contribution in [2.75, 3.05) is 13.2 Å². The van der Waals surface area contributed by atoms with E-state index in [1.165, 1.54) is 0 Å². The lowest BCUT2D eigenvalue weighted by atomic mass is 10.3. The first-order chi connectivity index (χ1) is 13.2. The fourth-order valence-electron chi connectivity index (χ4n) is 2.51. The van der Waals surface area contributed by atoms with Crippen molar-refractivity contribution in [3.05, 3.63) is 89.7 Å². The predicted molar refractivity (Wildman–Crippen MR) is 111 cm³/mol. The first-order valence-electron chi connectivity index (χ1n) is 8.61. The molecule has 5 heteroatoms. The van der Waals surface area contributed by atoms with Gasteiger partial charge in [-0.3, -0.25) is 4.57 Å². The van der Waals surface area contributed by atoms with Crippen LogP contribution in [0.25, 0.3) is 5.69 Å². The first-order valence-corrected chi connectivity index (χ1v) is 9.49. The molecule has 0 unspecified atom stereocenters. The molecule has 27 heavy (non-hydrogen) atoms. The van der Waals surface area contributed by atoms with Gasteiger partial charge < -0.3 is 9.47 Å². The molecular formula is C22H22N2O2S. The first kappa shape index (κ1) is 18.7. The minimum absolute atomic E-state index is 0.493. The molecule has 0 aliphatic heterocycles. The van der Waals surface area contributed by atoms with Crippen molar-refractivity contribution in [2.45, 2.75) is 6.92 Å². The van der Waals surface area contributed by atoms with E-state index in [9.17, 15) is 0 Å². The van der Waals surface area contributed by atoms with Gasteiger partial charge in [-0.2, -0.15) is 0 Å². The zero-order valence-corrected chi connectivity index (χ0v) is 16.1. The Hall–Kier alpha value is -3.05. The van der Waals surface area contributed by atoms with Crippen molar-refractivity contribution < 1.29 is 9.47 Å². The van der Waals surface area contributed by atoms with Gasteiger partial charge in [-0.25, -0.2) is 4.99 Å². The Bertz CT molecular complexity index is 967. The molecule has 0 radical (unpaired) electrons. The van der Waals surface area contributed by atoms with Crippen LogP contribution in [-0.2, 0) is 0 Å². The Kier molecular flexibility index (Phi) is 6.28. The molecule has 1 heterocycles. The van der Waals surface area contributed by atoms with Crippen LogP contribution in [0.3, 0.4) is 0 Å². The number of aryl methyl sites for hydroxylation is 1. The van der Waals surface area contributed by atoms with Gasteiger partial charge in [0.2, 0.25) is 0 Å². The molecule has 0 aliphatic rings. The molecule has 0 atom stereocenters. The van der Waals surface area contributed by atoms with Crippen LogP contribution in [0.5, 0.6) is 11.5 Å². The predicted octanol–water partition coefficient (Wildman–Crippen LogP) is 5.21. The molecule has 2 aromatic carbocycles. The maximum atomic E-state index is 5.56. The van der Waals surface area contributed by atoms with Crippen molar-refractivity contribution >= 4 is 17.0 Å². The highest BCUT2D eigenvalue weighted by Crippen LogP contribution is 2.20. The molecule has 1 aromatic heterocycles. The third-order valence-corrected chi connectivity index (χ3v) is 4.71. The second kappa shape index (κ2) is 9.05. The van der Waals surface area contributed by atoms with Crippen molar-refractivity contribution in [3.8, 4) is 17.2 Å². The molecule has 0 spiro atoms. The average Bonchev–Trinajstić information content (AvgIpc) is 3.06. The standard InChI is InChI=1S/C22H22N2O2S/c1-4-14-25-20-10-6-18(7-11-20)23-22-24(17(3)16-27-22)19-8-12-21(13-9-19)26-15-5-2/h4-13,16H,1-2,14-15H2,3H3. The largest absolute Gasteiger partial charge is 0.490 e. The summed E-state index contributed by atoms with van der Waals surface area (Å²) in [6.45, 7) is 10.4. The highest BCUT2D eigenvalue weighted by molar-refractivity contribution is 7.07. The molecule has 0 bridgehead atoms. The molecular weight excluding hydrogens is 356 g/mol. The van der Waals surface area contributed by atoms with Crippen LogP contribution >= 0.6 is 11.3 Å². The van der Waals surface area contributed by atoms with E-state index in [1.54, 1.807) is 23.5 Å². The maximum Gasteiger partial charge on any atom is 0.194 e. The molecule has 0 fully saturated rings. The van der Waals surface area contributed by atoms with Gasteiger partial charge in [0, 0.05) is 16.8 Å². The van der Waals surface area contributed by atoms with Crippen molar-refractivity contribution in [1.82, 2.24) is 4.57 Å². The van der Waals surface area contributed by atoms with Gasteiger partial charge in [-0.05, 0) is 55.5 Å². The quantitative estimate of drug-likeness (QED) is 0.505. The summed E-state index contributed by atoms with van der Waals surface area (Å²) in [5.41, 5.74) is 3.05. The van der Waals surface area contributed by atoms with E-state index in [2.05, 4.69) is 30.0 Å². The van der Waals surface area contributed by atoms with Crippen molar-refractivity contribution in [3.63, 3.8) is 0 Å². The highest BCUT2D eigenvalue weighted by Gasteiger charge is 2.05. The second-order valence-corrected chi connectivity index (χ2v) is 6.63. The number of ether oxygens (including phenoxy) is 2. The summed E-state index contributed by atoms with van der Waals surface area (Å²) >= 11 is 1.61. The Labute approximate surface area is 163 Å². The Morgan fingerprint density at radius 1 is 0.926 bits per heavy atom. The lowest BCUT2D eigenvalue weighted by Gasteiger charge is -2.08. The number of nitrogens with zero attached hydrogens (tertiary/aromatic N) is 2. The van der Waals surface area contributed by atoms with E-state index in [-0.39, 0.29) is 0 Å². The SMILES string of the molecule is C=CCOc1ccc(N=c2scc(C)n2-c2ccc(OCC=C)cc2)cc1. The summed E-state index contributed by atoms with van der Waals surface area (Å²) in [5, 5.41) is 2.10. The smallest absolute Gasteiger partial charge is 0.194 e. The normalized spacial score (nSPS) is 11.2. The fraction of sp³-hybridized carbons (Fsp3) is 0.136. The lowest BCUT2D eigenvalue weighted by Crippen LogP contribution is -2.13. The van der Waals surface area contributed by atoms with Gasteiger partial charge in [-0.15, -0.1) is 11.3 Å². The second-order valence-electron chi connectivity index (χ2n) is 5.79. The van der Waals surface area contributed by atoms with Crippen LogP contribution in [0.2, 0.25) is 0 Å². The third kappa shape index (κ3) is 4.77. The Morgan fingerprint density at radius 2 is 1.48 bits per heavy atom. The third-order valence-electron chi connectivity index (χ3n) is 3.77. The number of hydrogen-bond acceptors (Lipinski definition) is 4. The number of aromatic nitrogens is 1. The molecule has 4 nitrogen and oxygen atoms in total. The molecule has 138 valence electrons. The zero-order chi connectivity index (χ0) is 19.1. The number of thiazole rings is 1. The van der Waals surface area contributed by atoms with Crippen LogP contribution in [-0.4, -0.2) is 17.8 Å². The van der Waals surface area contributed by atoms with Crippen molar-refractivity contribution in [2.24, 2.45) is 4.99 Å². The van der Waals surface area contributed by atoms with Crippen LogP contribution in [0.1, 0.15) is 5.69 Å². The van der Waals surface area contributed by atoms with Gasteiger partial charge in [0.1, 0.15) is 24.7 Å². The average molecular weight is 378 g/mol. The monoisotopic (exact) mass is 378 g/mol. The molecule has 3 rings (SSSR count). The van der Waals surface area contributed by atoms with Gasteiger partial charge >= 0.3 is 0 Å². The highest BCUT2D eigenvalue weighted by atomic mass is 32.1. The van der Waals surface area contributed by atoms with E-state index in [0.717, 1.165) is 33.4 Å². The minimum Gasteiger partial charge on any atom is -0.490 e. The minimum atomic E-state index is 0.493. The Balaban J connectivity index is 1.88. The summed E-state index contributed by atoms with van der Waals surface area (Å²) in [4.78, 5) is 5.70. The summed E-state index contributed by atoms with van der Waals surface area (Å²) < 4.78 is 13.2. The summed E-state index contributed by atoms with van der Waals surface area (Å²) in [5.74, 6) is 1.62. The van der Waals surface area contributed by atoms with E-state index in [1.807, 2.05) is 48.5 Å². The maximum absolute atomic E-state index is 5.56. The van der Waals surface area contributed by atoms with E-state index >= 15 is 0 Å². The molecule has 0 amide bonds. The van der Waals surface area contributed by atoms with Crippen LogP contribution in [0.15, 0.2) is 84.2 Å². The van der Waals surface area contributed by atoms with Gasteiger partial charge in [0.15, 0.2) is 4.80 Å². The van der Waals surface area contributed by atoms with Crippen LogP contribution in [0, 0.1) is 6.92 Å². The topological polar surface area (TPSA) is 35.8 Å². The summed E-state index contributed by atoms with van der Waals surface area (Å²) in [7, 11) is 0. The Morgan fingerprint density at radius 3 is 2.04 bits per heavy atom. The summed E-state index contributed by atoms with van der Waals surface area (Å²) in [6.07, 6.45) is 3.46. The van der Waals surface area contributed by atoms with Gasteiger partial charge in [-0.1, -0.05) is 25.3 Å². The lowest BCUT2D eigenvalue weighted by molar-refractivity contribution is 0.363. The molecule has 0 N–H and O–H groups in total. The molecule has 0 saturated carbocycles. The number of benzene rings is 2. The van der Waals surface area contributed by atoms with E-state index in [0.29, 0.717) is 13.2 Å². The zero-order valence-electron chi connectivity index (χ0n) is 15.3. The van der Waals surface area contributed by atoms with Gasteiger partial charge in [0.05, 0.1) is 5.69 Å². The van der Waals surface area contributed by atoms with Crippen LogP contribution < -0.4 is 14.3 Å². The summed E-state index contributed by atoms with van der Waals surface area (Å²) in [6, 6.07) is 15.7. The van der Waals surface area contributed by atoms with Crippen LogP contribution in [0.4, 0.5) is 5.69 Å². The van der Waals surface area contributed by atoms with E-state index < -0.39 is 0 Å².